The maximum atomic E-state index is 12.2. The molecule has 1 aromatic rings. The molecule has 1 amide bonds. The molecule has 2 rings (SSSR count). The van der Waals surface area contributed by atoms with Gasteiger partial charge in [0.25, 0.3) is 5.91 Å². The second-order valence-corrected chi connectivity index (χ2v) is 4.64. The molecule has 1 saturated heterocycles. The number of piperidine rings is 1. The zero-order valence-electron chi connectivity index (χ0n) is 10.6. The van der Waals surface area contributed by atoms with Crippen LogP contribution >= 0.6 is 12.4 Å². The second kappa shape index (κ2) is 6.59. The van der Waals surface area contributed by atoms with Gasteiger partial charge in [0.2, 0.25) is 0 Å². The van der Waals surface area contributed by atoms with E-state index in [9.17, 15) is 4.79 Å². The van der Waals surface area contributed by atoms with Gasteiger partial charge in [-0.1, -0.05) is 13.3 Å². The summed E-state index contributed by atoms with van der Waals surface area (Å²) in [5.74, 6) is 0.671. The van der Waals surface area contributed by atoms with E-state index in [-0.39, 0.29) is 18.3 Å². The number of likely N-dealkylation sites (tertiary alicyclic amines) is 1. The number of hydrogen-bond donors (Lipinski definition) is 1. The van der Waals surface area contributed by atoms with Crippen LogP contribution in [0.4, 0.5) is 5.69 Å². The average Bonchev–Trinajstić information content (AvgIpc) is 2.39. The lowest BCUT2D eigenvalue weighted by atomic mass is 9.95. The smallest absolute Gasteiger partial charge is 0.272 e. The minimum absolute atomic E-state index is 0. The minimum atomic E-state index is 0. The molecule has 0 aliphatic carbocycles. The summed E-state index contributed by atoms with van der Waals surface area (Å²) in [5, 5.41) is 0. The molecule has 1 fully saturated rings. The molecule has 0 aromatic carbocycles. The van der Waals surface area contributed by atoms with Crippen LogP contribution in [0.15, 0.2) is 18.3 Å². The Morgan fingerprint density at radius 3 is 2.94 bits per heavy atom. The van der Waals surface area contributed by atoms with Crippen molar-refractivity contribution < 1.29 is 4.79 Å². The van der Waals surface area contributed by atoms with E-state index in [0.717, 1.165) is 25.9 Å². The number of aromatic nitrogens is 1. The summed E-state index contributed by atoms with van der Waals surface area (Å²) in [7, 11) is 0. The van der Waals surface area contributed by atoms with Gasteiger partial charge in [-0.05, 0) is 30.9 Å². The Kier molecular flexibility index (Phi) is 5.41. The van der Waals surface area contributed by atoms with Crippen molar-refractivity contribution in [3.05, 3.63) is 24.0 Å². The first kappa shape index (κ1) is 14.8. The summed E-state index contributed by atoms with van der Waals surface area (Å²) in [6.07, 6.45) is 5.00. The Morgan fingerprint density at radius 2 is 2.33 bits per heavy atom. The van der Waals surface area contributed by atoms with Crippen LogP contribution in [-0.4, -0.2) is 28.9 Å². The van der Waals surface area contributed by atoms with Gasteiger partial charge in [0, 0.05) is 13.1 Å². The lowest BCUT2D eigenvalue weighted by Gasteiger charge is -2.32. The van der Waals surface area contributed by atoms with Crippen molar-refractivity contribution in [3.8, 4) is 0 Å². The monoisotopic (exact) mass is 269 g/mol. The summed E-state index contributed by atoms with van der Waals surface area (Å²) in [5.41, 5.74) is 6.65. The third-order valence-corrected chi connectivity index (χ3v) is 3.39. The molecule has 2 N–H and O–H groups in total. The molecule has 4 nitrogen and oxygen atoms in total. The van der Waals surface area contributed by atoms with Crippen molar-refractivity contribution in [1.82, 2.24) is 9.88 Å². The molecule has 0 saturated carbocycles. The summed E-state index contributed by atoms with van der Waals surface area (Å²) in [4.78, 5) is 18.2. The predicted octanol–water partition coefficient (Wildman–Crippen LogP) is 2.35. The van der Waals surface area contributed by atoms with E-state index < -0.39 is 0 Å². The molecule has 1 aromatic heterocycles. The van der Waals surface area contributed by atoms with Crippen molar-refractivity contribution in [1.29, 1.82) is 0 Å². The first-order valence-corrected chi connectivity index (χ1v) is 6.21. The number of carbonyl (C=O) groups is 1. The third-order valence-electron chi connectivity index (χ3n) is 3.39. The second-order valence-electron chi connectivity index (χ2n) is 4.64. The number of nitrogens with zero attached hydrogens (tertiary/aromatic N) is 2. The lowest BCUT2D eigenvalue weighted by molar-refractivity contribution is 0.0665. The first-order valence-electron chi connectivity index (χ1n) is 6.21. The van der Waals surface area contributed by atoms with Crippen LogP contribution in [0.5, 0.6) is 0 Å². The molecule has 0 spiro atoms. The molecule has 1 unspecified atom stereocenters. The largest absolute Gasteiger partial charge is 0.397 e. The zero-order chi connectivity index (χ0) is 12.3. The van der Waals surface area contributed by atoms with E-state index in [1.54, 1.807) is 12.1 Å². The zero-order valence-corrected chi connectivity index (χ0v) is 11.4. The van der Waals surface area contributed by atoms with E-state index in [0.29, 0.717) is 17.3 Å². The molecule has 100 valence electrons. The van der Waals surface area contributed by atoms with Gasteiger partial charge >= 0.3 is 0 Å². The van der Waals surface area contributed by atoms with Crippen molar-refractivity contribution in [3.63, 3.8) is 0 Å². The SMILES string of the molecule is CCC1CCCN(C(=O)c2ccc(N)cn2)C1.Cl. The lowest BCUT2D eigenvalue weighted by Crippen LogP contribution is -2.40. The van der Waals surface area contributed by atoms with Crippen LogP contribution in [0, 0.1) is 5.92 Å². The number of halogens is 1. The van der Waals surface area contributed by atoms with Crippen molar-refractivity contribution in [2.45, 2.75) is 26.2 Å². The fourth-order valence-corrected chi connectivity index (χ4v) is 2.28. The highest BCUT2D eigenvalue weighted by Crippen LogP contribution is 2.20. The van der Waals surface area contributed by atoms with E-state index >= 15 is 0 Å². The number of pyridine rings is 1. The summed E-state index contributed by atoms with van der Waals surface area (Å²) < 4.78 is 0. The highest BCUT2D eigenvalue weighted by atomic mass is 35.5. The Hall–Kier alpha value is -1.29. The van der Waals surface area contributed by atoms with Gasteiger partial charge < -0.3 is 10.6 Å². The molecule has 0 radical (unpaired) electrons. The number of carbonyl (C=O) groups excluding carboxylic acids is 1. The van der Waals surface area contributed by atoms with Gasteiger partial charge in [-0.25, -0.2) is 4.98 Å². The fourth-order valence-electron chi connectivity index (χ4n) is 2.28. The Balaban J connectivity index is 0.00000162. The van der Waals surface area contributed by atoms with Crippen molar-refractivity contribution >= 4 is 24.0 Å². The van der Waals surface area contributed by atoms with Crippen LogP contribution in [0.1, 0.15) is 36.7 Å². The average molecular weight is 270 g/mol. The standard InChI is InChI=1S/C13H19N3O.ClH/c1-2-10-4-3-7-16(9-10)13(17)12-6-5-11(14)8-15-12;/h5-6,8,10H,2-4,7,9,14H2,1H3;1H. The van der Waals surface area contributed by atoms with Gasteiger partial charge in [-0.2, -0.15) is 0 Å². The molecule has 0 bridgehead atoms. The highest BCUT2D eigenvalue weighted by Gasteiger charge is 2.23. The summed E-state index contributed by atoms with van der Waals surface area (Å²) >= 11 is 0. The number of amides is 1. The number of anilines is 1. The number of nitrogens with two attached hydrogens (primary N) is 1. The minimum Gasteiger partial charge on any atom is -0.397 e. The maximum absolute atomic E-state index is 12.2. The van der Waals surface area contributed by atoms with Gasteiger partial charge in [0.15, 0.2) is 0 Å². The van der Waals surface area contributed by atoms with Gasteiger partial charge in [-0.15, -0.1) is 12.4 Å². The molecular formula is C13H20ClN3O. The summed E-state index contributed by atoms with van der Waals surface area (Å²) in [6, 6.07) is 3.43. The van der Waals surface area contributed by atoms with Crippen LogP contribution in [0.2, 0.25) is 0 Å². The molecule has 2 heterocycles. The fraction of sp³-hybridized carbons (Fsp3) is 0.538. The highest BCUT2D eigenvalue weighted by molar-refractivity contribution is 5.92. The predicted molar refractivity (Wildman–Crippen MR) is 74.8 cm³/mol. The van der Waals surface area contributed by atoms with Crippen LogP contribution in [0.25, 0.3) is 0 Å². The molecule has 18 heavy (non-hydrogen) atoms. The Morgan fingerprint density at radius 1 is 1.56 bits per heavy atom. The maximum Gasteiger partial charge on any atom is 0.272 e. The quantitative estimate of drug-likeness (QED) is 0.897. The van der Waals surface area contributed by atoms with Crippen LogP contribution in [0.3, 0.4) is 0 Å². The van der Waals surface area contributed by atoms with E-state index in [1.807, 2.05) is 4.90 Å². The van der Waals surface area contributed by atoms with Gasteiger partial charge in [0.1, 0.15) is 5.69 Å². The first-order chi connectivity index (χ1) is 8.20. The van der Waals surface area contributed by atoms with Crippen LogP contribution < -0.4 is 5.73 Å². The van der Waals surface area contributed by atoms with Gasteiger partial charge in [0.05, 0.1) is 11.9 Å². The molecule has 1 aliphatic heterocycles. The molecule has 1 atom stereocenters. The topological polar surface area (TPSA) is 59.2 Å². The van der Waals surface area contributed by atoms with Crippen molar-refractivity contribution in [2.24, 2.45) is 5.92 Å². The normalized spacial score (nSPS) is 19.2. The molecule has 1 aliphatic rings. The number of rotatable bonds is 2. The molecular weight excluding hydrogens is 250 g/mol. The van der Waals surface area contributed by atoms with E-state index in [2.05, 4.69) is 11.9 Å². The van der Waals surface area contributed by atoms with E-state index in [1.165, 1.54) is 12.6 Å². The van der Waals surface area contributed by atoms with Gasteiger partial charge in [-0.3, -0.25) is 4.79 Å². The van der Waals surface area contributed by atoms with E-state index in [4.69, 9.17) is 5.73 Å². The Bertz CT molecular complexity index is 394. The van der Waals surface area contributed by atoms with Crippen LogP contribution in [-0.2, 0) is 0 Å². The Labute approximate surface area is 114 Å². The summed E-state index contributed by atoms with van der Waals surface area (Å²) in [6.45, 7) is 3.89. The number of nitrogen functional groups attached to an aromatic ring is 1. The number of hydrogen-bond acceptors (Lipinski definition) is 3. The van der Waals surface area contributed by atoms with Crippen molar-refractivity contribution in [2.75, 3.05) is 18.8 Å². The molecule has 5 heteroatoms. The third kappa shape index (κ3) is 3.35.